The molecule has 0 aliphatic carbocycles. The maximum atomic E-state index is 12.0. The number of benzene rings is 2. The van der Waals surface area contributed by atoms with Gasteiger partial charge < -0.3 is 19.7 Å². The molecule has 0 aromatic heterocycles. The van der Waals surface area contributed by atoms with E-state index in [9.17, 15) is 19.8 Å². The summed E-state index contributed by atoms with van der Waals surface area (Å²) in [7, 11) is 0. The normalized spacial score (nSPS) is 10.1. The smallest absolute Gasteiger partial charge is 0.342 e. The van der Waals surface area contributed by atoms with Gasteiger partial charge in [0.05, 0.1) is 0 Å². The van der Waals surface area contributed by atoms with Gasteiger partial charge >= 0.3 is 11.9 Å². The first-order valence-corrected chi connectivity index (χ1v) is 8.16. The van der Waals surface area contributed by atoms with E-state index in [4.69, 9.17) is 9.47 Å². The molecule has 0 unspecified atom stereocenters. The highest BCUT2D eigenvalue weighted by atomic mass is 16.5. The molecule has 2 N–H and O–H groups in total. The largest absolute Gasteiger partial charge is 0.507 e. The van der Waals surface area contributed by atoms with Crippen molar-refractivity contribution in [2.24, 2.45) is 0 Å². The van der Waals surface area contributed by atoms with E-state index in [1.807, 2.05) is 0 Å². The van der Waals surface area contributed by atoms with E-state index in [2.05, 4.69) is 13.2 Å². The summed E-state index contributed by atoms with van der Waals surface area (Å²) in [6.07, 6.45) is 3.23. The molecule has 6 heteroatoms. The van der Waals surface area contributed by atoms with Crippen LogP contribution in [0.5, 0.6) is 11.5 Å². The molecule has 0 saturated heterocycles. The molecule has 2 aromatic carbocycles. The second-order valence-corrected chi connectivity index (χ2v) is 5.65. The lowest BCUT2D eigenvalue weighted by Crippen LogP contribution is -2.07. The van der Waals surface area contributed by atoms with Gasteiger partial charge in [-0.15, -0.1) is 0 Å². The zero-order valence-corrected chi connectivity index (χ0v) is 14.7. The SMILES string of the molecule is C=CCOC(=O)c1cc(Cc2ccc(O)c(C(=O)OCC=C)c2)ccc1O. The van der Waals surface area contributed by atoms with Gasteiger partial charge in [0, 0.05) is 0 Å². The Morgan fingerprint density at radius 2 is 1.22 bits per heavy atom. The van der Waals surface area contributed by atoms with Crippen LogP contribution in [-0.2, 0) is 15.9 Å². The molecule has 0 bridgehead atoms. The molecule has 0 radical (unpaired) electrons. The first-order valence-electron chi connectivity index (χ1n) is 8.16. The molecule has 2 rings (SSSR count). The fourth-order valence-electron chi connectivity index (χ4n) is 2.37. The lowest BCUT2D eigenvalue weighted by molar-refractivity contribution is 0.0536. The lowest BCUT2D eigenvalue weighted by atomic mass is 10.00. The second-order valence-electron chi connectivity index (χ2n) is 5.65. The third kappa shape index (κ3) is 5.22. The van der Waals surface area contributed by atoms with Crippen LogP contribution >= 0.6 is 0 Å². The fourth-order valence-corrected chi connectivity index (χ4v) is 2.37. The molecule has 140 valence electrons. The Balaban J connectivity index is 2.24. The molecule has 0 aliphatic heterocycles. The fraction of sp³-hybridized carbons (Fsp3) is 0.143. The molecule has 0 saturated carbocycles. The summed E-state index contributed by atoms with van der Waals surface area (Å²) >= 11 is 0. The van der Waals surface area contributed by atoms with Gasteiger partial charge in [-0.1, -0.05) is 37.4 Å². The summed E-state index contributed by atoms with van der Waals surface area (Å²) in [4.78, 5) is 24.0. The van der Waals surface area contributed by atoms with Crippen molar-refractivity contribution >= 4 is 11.9 Å². The number of phenolic OH excluding ortho intramolecular Hbond substituents is 2. The number of ether oxygens (including phenoxy) is 2. The van der Waals surface area contributed by atoms with Crippen LogP contribution < -0.4 is 0 Å². The summed E-state index contributed by atoms with van der Waals surface area (Å²) in [5.41, 5.74) is 1.52. The van der Waals surface area contributed by atoms with Crippen molar-refractivity contribution in [1.82, 2.24) is 0 Å². The van der Waals surface area contributed by atoms with Crippen LogP contribution in [0.1, 0.15) is 31.8 Å². The van der Waals surface area contributed by atoms with Crippen LogP contribution in [0.2, 0.25) is 0 Å². The Hall–Kier alpha value is -3.54. The van der Waals surface area contributed by atoms with E-state index in [1.165, 1.54) is 36.4 Å². The van der Waals surface area contributed by atoms with Crippen LogP contribution in [0.3, 0.4) is 0 Å². The predicted octanol–water partition coefficient (Wildman–Crippen LogP) is 3.37. The third-order valence-corrected chi connectivity index (χ3v) is 3.63. The van der Waals surface area contributed by atoms with Crippen molar-refractivity contribution in [3.8, 4) is 11.5 Å². The molecular weight excluding hydrogens is 348 g/mol. The molecule has 0 atom stereocenters. The highest BCUT2D eigenvalue weighted by Crippen LogP contribution is 2.24. The number of esters is 2. The molecule has 0 fully saturated rings. The first-order chi connectivity index (χ1) is 13.0. The topological polar surface area (TPSA) is 93.1 Å². The van der Waals surface area contributed by atoms with E-state index in [0.29, 0.717) is 6.42 Å². The number of hydrogen-bond acceptors (Lipinski definition) is 6. The molecule has 27 heavy (non-hydrogen) atoms. The molecule has 6 nitrogen and oxygen atoms in total. The van der Waals surface area contributed by atoms with E-state index < -0.39 is 11.9 Å². The molecule has 2 aromatic rings. The van der Waals surface area contributed by atoms with Gasteiger partial charge in [-0.3, -0.25) is 0 Å². The monoisotopic (exact) mass is 368 g/mol. The van der Waals surface area contributed by atoms with Gasteiger partial charge in [0.2, 0.25) is 0 Å². The zero-order chi connectivity index (χ0) is 19.8. The third-order valence-electron chi connectivity index (χ3n) is 3.63. The van der Waals surface area contributed by atoms with Gasteiger partial charge in [0.1, 0.15) is 35.8 Å². The van der Waals surface area contributed by atoms with E-state index in [1.54, 1.807) is 12.1 Å². The number of rotatable bonds is 8. The Morgan fingerprint density at radius 3 is 1.59 bits per heavy atom. The Bertz CT molecular complexity index is 797. The minimum Gasteiger partial charge on any atom is -0.507 e. The minimum absolute atomic E-state index is 0.0383. The number of carbonyl (C=O) groups is 2. The van der Waals surface area contributed by atoms with Crippen molar-refractivity contribution in [2.75, 3.05) is 13.2 Å². The summed E-state index contributed by atoms with van der Waals surface area (Å²) in [5.74, 6) is -1.69. The van der Waals surface area contributed by atoms with Gasteiger partial charge in [-0.25, -0.2) is 9.59 Å². The van der Waals surface area contributed by atoms with Crippen molar-refractivity contribution in [1.29, 1.82) is 0 Å². The number of aromatic hydroxyl groups is 2. The average Bonchev–Trinajstić information content (AvgIpc) is 2.67. The van der Waals surface area contributed by atoms with Gasteiger partial charge in [0.15, 0.2) is 0 Å². The maximum absolute atomic E-state index is 12.0. The van der Waals surface area contributed by atoms with Gasteiger partial charge in [-0.05, 0) is 41.8 Å². The summed E-state index contributed by atoms with van der Waals surface area (Å²) in [6, 6.07) is 9.15. The van der Waals surface area contributed by atoms with Crippen LogP contribution in [-0.4, -0.2) is 35.4 Å². The Kier molecular flexibility index (Phi) is 6.77. The molecule has 0 amide bonds. The van der Waals surface area contributed by atoms with Crippen LogP contribution in [0.4, 0.5) is 0 Å². The second kappa shape index (κ2) is 9.24. The van der Waals surface area contributed by atoms with Crippen molar-refractivity contribution in [3.63, 3.8) is 0 Å². The molecule has 0 heterocycles. The Labute approximate surface area is 157 Å². The summed E-state index contributed by atoms with van der Waals surface area (Å²) in [5, 5.41) is 19.8. The molecule has 0 spiro atoms. The van der Waals surface area contributed by atoms with Crippen molar-refractivity contribution < 1.29 is 29.3 Å². The number of hydrogen-bond donors (Lipinski definition) is 2. The maximum Gasteiger partial charge on any atom is 0.342 e. The van der Waals surface area contributed by atoms with Crippen molar-refractivity contribution in [2.45, 2.75) is 6.42 Å². The predicted molar refractivity (Wildman–Crippen MR) is 100.0 cm³/mol. The lowest BCUT2D eigenvalue weighted by Gasteiger charge is -2.10. The van der Waals surface area contributed by atoms with Gasteiger partial charge in [0.25, 0.3) is 0 Å². The first kappa shape index (κ1) is 19.8. The van der Waals surface area contributed by atoms with Gasteiger partial charge in [-0.2, -0.15) is 0 Å². The van der Waals surface area contributed by atoms with Crippen LogP contribution in [0, 0.1) is 0 Å². The molecule has 0 aliphatic rings. The molecular formula is C21H20O6. The highest BCUT2D eigenvalue weighted by molar-refractivity contribution is 5.93. The number of carbonyl (C=O) groups excluding carboxylic acids is 2. The number of phenols is 2. The Morgan fingerprint density at radius 1 is 0.815 bits per heavy atom. The van der Waals surface area contributed by atoms with E-state index >= 15 is 0 Å². The minimum atomic E-state index is -0.659. The highest BCUT2D eigenvalue weighted by Gasteiger charge is 2.15. The summed E-state index contributed by atoms with van der Waals surface area (Å²) in [6.45, 7) is 7.01. The quantitative estimate of drug-likeness (QED) is 0.548. The summed E-state index contributed by atoms with van der Waals surface area (Å²) < 4.78 is 9.90. The van der Waals surface area contributed by atoms with E-state index in [-0.39, 0.29) is 35.8 Å². The standard InChI is InChI=1S/C21H20O6/c1-3-9-26-20(24)16-12-14(5-7-18(16)22)11-15-6-8-19(23)17(13-15)21(25)27-10-4-2/h3-8,12-13,22-23H,1-2,9-11H2. The van der Waals surface area contributed by atoms with Crippen LogP contribution in [0.25, 0.3) is 0 Å². The van der Waals surface area contributed by atoms with Crippen LogP contribution in [0.15, 0.2) is 61.7 Å². The zero-order valence-electron chi connectivity index (χ0n) is 14.7. The van der Waals surface area contributed by atoms with E-state index in [0.717, 1.165) is 11.1 Å². The van der Waals surface area contributed by atoms with Crippen molar-refractivity contribution in [3.05, 3.63) is 84.0 Å². The average molecular weight is 368 g/mol.